The van der Waals surface area contributed by atoms with Crippen molar-refractivity contribution in [2.45, 2.75) is 27.7 Å². The molecule has 10 heavy (non-hydrogen) atoms. The van der Waals surface area contributed by atoms with Gasteiger partial charge in [0.25, 0.3) is 0 Å². The van der Waals surface area contributed by atoms with E-state index in [0.717, 1.165) is 0 Å². The van der Waals surface area contributed by atoms with Crippen molar-refractivity contribution in [1.29, 1.82) is 0 Å². The van der Waals surface area contributed by atoms with Gasteiger partial charge in [0.2, 0.25) is 0 Å². The lowest BCUT2D eigenvalue weighted by molar-refractivity contribution is 0.213. The van der Waals surface area contributed by atoms with Crippen molar-refractivity contribution < 1.29 is 5.11 Å². The predicted molar refractivity (Wildman–Crippen MR) is 44.8 cm³/mol. The molecule has 0 aliphatic carbocycles. The Labute approximate surface area is 63.8 Å². The average molecular weight is 142 g/mol. The van der Waals surface area contributed by atoms with Crippen LogP contribution in [0.1, 0.15) is 27.7 Å². The maximum atomic E-state index is 8.96. The molecule has 0 aliphatic heterocycles. The van der Waals surface area contributed by atoms with Gasteiger partial charge in [-0.05, 0) is 19.8 Å². The van der Waals surface area contributed by atoms with E-state index in [0.29, 0.717) is 11.8 Å². The smallest absolute Gasteiger partial charge is 0.0498 e. The SMILES string of the molecule is C/C=C(\C)C(CO)C(C)C. The van der Waals surface area contributed by atoms with E-state index in [4.69, 9.17) is 5.11 Å². The third kappa shape index (κ3) is 2.53. The van der Waals surface area contributed by atoms with Crippen LogP contribution in [-0.4, -0.2) is 11.7 Å². The Morgan fingerprint density at radius 1 is 1.50 bits per heavy atom. The largest absolute Gasteiger partial charge is 0.396 e. The molecule has 1 heteroatoms. The fourth-order valence-corrected chi connectivity index (χ4v) is 1.09. The van der Waals surface area contributed by atoms with Gasteiger partial charge in [0.05, 0.1) is 0 Å². The zero-order valence-corrected chi connectivity index (χ0v) is 7.39. The highest BCUT2D eigenvalue weighted by Crippen LogP contribution is 2.18. The lowest BCUT2D eigenvalue weighted by Gasteiger charge is -2.18. The zero-order valence-electron chi connectivity index (χ0n) is 7.39. The van der Waals surface area contributed by atoms with Crippen molar-refractivity contribution >= 4 is 0 Å². The monoisotopic (exact) mass is 142 g/mol. The van der Waals surface area contributed by atoms with Gasteiger partial charge in [-0.3, -0.25) is 0 Å². The van der Waals surface area contributed by atoms with E-state index in [1.807, 2.05) is 6.92 Å². The van der Waals surface area contributed by atoms with Crippen molar-refractivity contribution in [2.24, 2.45) is 11.8 Å². The van der Waals surface area contributed by atoms with Crippen LogP contribution in [0.4, 0.5) is 0 Å². The first-order valence-corrected chi connectivity index (χ1v) is 3.87. The van der Waals surface area contributed by atoms with E-state index in [-0.39, 0.29) is 6.61 Å². The Bertz CT molecular complexity index is 114. The second-order valence-electron chi connectivity index (χ2n) is 3.07. The molecule has 0 spiro atoms. The molecule has 1 N–H and O–H groups in total. The molecule has 0 radical (unpaired) electrons. The first kappa shape index (κ1) is 9.70. The van der Waals surface area contributed by atoms with Crippen LogP contribution in [0.2, 0.25) is 0 Å². The molecule has 0 heterocycles. The summed E-state index contributed by atoms with van der Waals surface area (Å²) in [4.78, 5) is 0. The molecule has 0 saturated carbocycles. The summed E-state index contributed by atoms with van der Waals surface area (Å²) in [5.74, 6) is 0.895. The molecule has 0 aromatic heterocycles. The minimum atomic E-state index is 0.272. The van der Waals surface area contributed by atoms with Crippen molar-refractivity contribution in [1.82, 2.24) is 0 Å². The van der Waals surface area contributed by atoms with Gasteiger partial charge in [0, 0.05) is 12.5 Å². The number of rotatable bonds is 3. The molecule has 0 bridgehead atoms. The molecule has 0 rings (SSSR count). The highest BCUT2D eigenvalue weighted by molar-refractivity contribution is 5.02. The van der Waals surface area contributed by atoms with E-state index in [1.54, 1.807) is 0 Å². The maximum absolute atomic E-state index is 8.96. The van der Waals surface area contributed by atoms with Crippen LogP contribution in [0, 0.1) is 11.8 Å². The summed E-state index contributed by atoms with van der Waals surface area (Å²) in [5.41, 5.74) is 1.29. The average Bonchev–Trinajstić information content (AvgIpc) is 1.88. The van der Waals surface area contributed by atoms with Crippen LogP contribution in [0.3, 0.4) is 0 Å². The van der Waals surface area contributed by atoms with Crippen molar-refractivity contribution in [3.05, 3.63) is 11.6 Å². The molecule has 1 nitrogen and oxygen atoms in total. The zero-order chi connectivity index (χ0) is 8.15. The van der Waals surface area contributed by atoms with Crippen LogP contribution < -0.4 is 0 Å². The molecule has 0 fully saturated rings. The summed E-state index contributed by atoms with van der Waals surface area (Å²) in [5, 5.41) is 8.96. The van der Waals surface area contributed by atoms with Gasteiger partial charge in [0.1, 0.15) is 0 Å². The molecular formula is C9H18O. The van der Waals surface area contributed by atoms with Gasteiger partial charge >= 0.3 is 0 Å². The molecule has 0 saturated heterocycles. The maximum Gasteiger partial charge on any atom is 0.0498 e. The minimum Gasteiger partial charge on any atom is -0.396 e. The summed E-state index contributed by atoms with van der Waals surface area (Å²) in [7, 11) is 0. The van der Waals surface area contributed by atoms with E-state index in [9.17, 15) is 0 Å². The second kappa shape index (κ2) is 4.51. The summed E-state index contributed by atoms with van der Waals surface area (Å²) < 4.78 is 0. The second-order valence-corrected chi connectivity index (χ2v) is 3.07. The van der Waals surface area contributed by atoms with Crippen LogP contribution in [-0.2, 0) is 0 Å². The Morgan fingerprint density at radius 2 is 2.00 bits per heavy atom. The van der Waals surface area contributed by atoms with Crippen molar-refractivity contribution in [2.75, 3.05) is 6.61 Å². The van der Waals surface area contributed by atoms with E-state index in [1.165, 1.54) is 5.57 Å². The summed E-state index contributed by atoms with van der Waals surface area (Å²) in [6.45, 7) is 8.62. The Morgan fingerprint density at radius 3 is 2.10 bits per heavy atom. The molecule has 0 amide bonds. The summed E-state index contributed by atoms with van der Waals surface area (Å²) >= 11 is 0. The van der Waals surface area contributed by atoms with Crippen molar-refractivity contribution in [3.8, 4) is 0 Å². The Kier molecular flexibility index (Phi) is 4.37. The number of allylic oxidation sites excluding steroid dienone is 1. The number of aliphatic hydroxyl groups excluding tert-OH is 1. The van der Waals surface area contributed by atoms with Crippen LogP contribution >= 0.6 is 0 Å². The van der Waals surface area contributed by atoms with Gasteiger partial charge in [-0.2, -0.15) is 0 Å². The minimum absolute atomic E-state index is 0.272. The number of aliphatic hydroxyl groups is 1. The third-order valence-electron chi connectivity index (χ3n) is 2.04. The van der Waals surface area contributed by atoms with Crippen LogP contribution in [0.25, 0.3) is 0 Å². The van der Waals surface area contributed by atoms with Gasteiger partial charge in [-0.15, -0.1) is 0 Å². The Balaban J connectivity index is 4.07. The fourth-order valence-electron chi connectivity index (χ4n) is 1.09. The molecule has 1 atom stereocenters. The first-order chi connectivity index (χ1) is 4.63. The molecule has 0 aliphatic rings. The lowest BCUT2D eigenvalue weighted by atomic mass is 9.90. The van der Waals surface area contributed by atoms with E-state index < -0.39 is 0 Å². The number of hydrogen-bond acceptors (Lipinski definition) is 1. The third-order valence-corrected chi connectivity index (χ3v) is 2.04. The quantitative estimate of drug-likeness (QED) is 0.599. The van der Waals surface area contributed by atoms with Gasteiger partial charge in [-0.25, -0.2) is 0 Å². The topological polar surface area (TPSA) is 20.2 Å². The van der Waals surface area contributed by atoms with Gasteiger partial charge in [-0.1, -0.05) is 25.5 Å². The molecular weight excluding hydrogens is 124 g/mol. The summed E-state index contributed by atoms with van der Waals surface area (Å²) in [6, 6.07) is 0. The molecule has 60 valence electrons. The predicted octanol–water partition coefficient (Wildman–Crippen LogP) is 2.22. The molecule has 0 aromatic rings. The highest BCUT2D eigenvalue weighted by atomic mass is 16.3. The summed E-state index contributed by atoms with van der Waals surface area (Å²) in [6.07, 6.45) is 2.07. The van der Waals surface area contributed by atoms with Gasteiger partial charge in [0.15, 0.2) is 0 Å². The van der Waals surface area contributed by atoms with E-state index >= 15 is 0 Å². The standard InChI is InChI=1S/C9H18O/c1-5-8(4)9(6-10)7(2)3/h5,7,9-10H,6H2,1-4H3/b8-5+. The highest BCUT2D eigenvalue weighted by Gasteiger charge is 2.12. The lowest BCUT2D eigenvalue weighted by Crippen LogP contribution is -2.14. The molecule has 0 aromatic carbocycles. The first-order valence-electron chi connectivity index (χ1n) is 3.87. The fraction of sp³-hybridized carbons (Fsp3) is 0.778. The normalized spacial score (nSPS) is 16.0. The molecule has 1 unspecified atom stereocenters. The van der Waals surface area contributed by atoms with E-state index in [2.05, 4.69) is 26.8 Å². The van der Waals surface area contributed by atoms with Gasteiger partial charge < -0.3 is 5.11 Å². The van der Waals surface area contributed by atoms with Crippen LogP contribution in [0.5, 0.6) is 0 Å². The number of hydrogen-bond donors (Lipinski definition) is 1. The van der Waals surface area contributed by atoms with Crippen LogP contribution in [0.15, 0.2) is 11.6 Å². The van der Waals surface area contributed by atoms with Crippen molar-refractivity contribution in [3.63, 3.8) is 0 Å². The Hall–Kier alpha value is -0.300.